The first kappa shape index (κ1) is 28.5. The fraction of sp³-hybridized carbons (Fsp3) is 0.172. The molecule has 0 aliphatic carbocycles. The van der Waals surface area contributed by atoms with Crippen molar-refractivity contribution in [3.05, 3.63) is 104 Å². The van der Waals surface area contributed by atoms with Crippen LogP contribution in [0, 0.1) is 17.5 Å². The summed E-state index contributed by atoms with van der Waals surface area (Å²) in [5.41, 5.74) is 1.07. The minimum absolute atomic E-state index is 0.0530. The zero-order chi connectivity index (χ0) is 31.3. The predicted molar refractivity (Wildman–Crippen MR) is 154 cm³/mol. The van der Waals surface area contributed by atoms with Crippen molar-refractivity contribution < 1.29 is 27.5 Å². The van der Waals surface area contributed by atoms with E-state index < -0.39 is 52.5 Å². The van der Waals surface area contributed by atoms with Crippen LogP contribution >= 0.6 is 0 Å². The van der Waals surface area contributed by atoms with E-state index in [-0.39, 0.29) is 23.3 Å². The molecule has 12 nitrogen and oxygen atoms in total. The molecule has 0 atom stereocenters. The molecular formula is C29H24F3N7O5. The van der Waals surface area contributed by atoms with E-state index in [1.165, 1.54) is 43.2 Å². The minimum atomic E-state index is -1.06. The molecule has 2 amide bonds. The van der Waals surface area contributed by atoms with Gasteiger partial charge >= 0.3 is 11.7 Å². The Bertz CT molecular complexity index is 2070. The van der Waals surface area contributed by atoms with Crippen LogP contribution in [-0.2, 0) is 17.9 Å². The van der Waals surface area contributed by atoms with Crippen molar-refractivity contribution in [2.24, 2.45) is 0 Å². The summed E-state index contributed by atoms with van der Waals surface area (Å²) in [7, 11) is 4.27. The van der Waals surface area contributed by atoms with Crippen LogP contribution in [0.25, 0.3) is 22.4 Å². The normalized spacial score (nSPS) is 12.2. The SMILES string of the molecule is CONC(=O)Nc1ccc2c(c1)N(C)Cc1c3c(=O)n(-c4cccc(OC)c4F)c(=O)n(Cc4c(F)cccc4F)c3nn1-2. The van der Waals surface area contributed by atoms with Gasteiger partial charge in [-0.1, -0.05) is 12.1 Å². The highest BCUT2D eigenvalue weighted by Crippen LogP contribution is 2.35. The van der Waals surface area contributed by atoms with Crippen molar-refractivity contribution in [2.45, 2.75) is 13.1 Å². The van der Waals surface area contributed by atoms with Gasteiger partial charge < -0.3 is 15.0 Å². The van der Waals surface area contributed by atoms with Gasteiger partial charge in [0, 0.05) is 18.3 Å². The van der Waals surface area contributed by atoms with E-state index in [9.17, 15) is 23.2 Å². The number of rotatable bonds is 6. The molecule has 0 spiro atoms. The minimum Gasteiger partial charge on any atom is -0.494 e. The standard InChI is InChI=1S/C29H24F3N7O5/c1-36-14-22-24-26(34-39(22)19-11-10-15(12-21(19)36)33-28(41)35-44-3)37(13-16-17(30)6-4-7-18(16)31)29(42)38(27(24)40)20-8-5-9-23(43-2)25(20)32/h4-12H,13-14H2,1-3H3,(H2,33,35,41). The van der Waals surface area contributed by atoms with E-state index in [2.05, 4.69) is 20.7 Å². The van der Waals surface area contributed by atoms with Crippen molar-refractivity contribution >= 4 is 28.4 Å². The van der Waals surface area contributed by atoms with Crippen LogP contribution in [0.4, 0.5) is 29.3 Å². The molecular weight excluding hydrogens is 583 g/mol. The molecule has 1 aliphatic rings. The Morgan fingerprint density at radius 3 is 2.41 bits per heavy atom. The van der Waals surface area contributed by atoms with Crippen LogP contribution in [0.3, 0.4) is 0 Å². The Balaban J connectivity index is 1.64. The Labute approximate surface area is 246 Å². The molecule has 3 aromatic carbocycles. The van der Waals surface area contributed by atoms with E-state index in [1.54, 1.807) is 30.1 Å². The molecule has 0 radical (unpaired) electrons. The first-order valence-electron chi connectivity index (χ1n) is 13.1. The predicted octanol–water partition coefficient (Wildman–Crippen LogP) is 3.45. The van der Waals surface area contributed by atoms with Gasteiger partial charge in [0.1, 0.15) is 17.0 Å². The number of hydrogen-bond donors (Lipinski definition) is 2. The van der Waals surface area contributed by atoms with Gasteiger partial charge in [-0.15, -0.1) is 5.10 Å². The molecule has 0 unspecified atom stereocenters. The lowest BCUT2D eigenvalue weighted by molar-refractivity contribution is 0.114. The van der Waals surface area contributed by atoms with E-state index in [0.717, 1.165) is 16.7 Å². The third-order valence-electron chi connectivity index (χ3n) is 7.29. The summed E-state index contributed by atoms with van der Waals surface area (Å²) in [6, 6.07) is 11.5. The number of carbonyl (C=O) groups excluding carboxylic acids is 1. The van der Waals surface area contributed by atoms with Gasteiger partial charge in [-0.3, -0.25) is 14.2 Å². The quantitative estimate of drug-likeness (QED) is 0.284. The van der Waals surface area contributed by atoms with Crippen LogP contribution < -0.4 is 31.7 Å². The molecule has 0 bridgehead atoms. The highest BCUT2D eigenvalue weighted by Gasteiger charge is 2.30. The second-order valence-electron chi connectivity index (χ2n) is 9.88. The molecule has 44 heavy (non-hydrogen) atoms. The number of halogens is 3. The maximum atomic E-state index is 15.5. The zero-order valence-corrected chi connectivity index (χ0v) is 23.5. The largest absolute Gasteiger partial charge is 0.494 e. The molecule has 226 valence electrons. The second kappa shape index (κ2) is 10.9. The average molecular weight is 608 g/mol. The van der Waals surface area contributed by atoms with Gasteiger partial charge in [0.25, 0.3) is 5.56 Å². The maximum Gasteiger partial charge on any atom is 0.343 e. The monoisotopic (exact) mass is 607 g/mol. The van der Waals surface area contributed by atoms with Gasteiger partial charge in [-0.05, 0) is 42.5 Å². The lowest BCUT2D eigenvalue weighted by Gasteiger charge is -2.28. The number of methoxy groups -OCH3 is 1. The number of anilines is 2. The first-order valence-corrected chi connectivity index (χ1v) is 13.1. The number of nitrogens with zero attached hydrogens (tertiary/aromatic N) is 5. The second-order valence-corrected chi connectivity index (χ2v) is 9.88. The van der Waals surface area contributed by atoms with E-state index >= 15 is 4.39 Å². The number of nitrogens with one attached hydrogen (secondary N) is 2. The molecule has 2 aromatic heterocycles. The smallest absolute Gasteiger partial charge is 0.343 e. The Hall–Kier alpha value is -5.57. The molecule has 15 heteroatoms. The molecule has 2 N–H and O–H groups in total. The number of hydrogen-bond acceptors (Lipinski definition) is 7. The summed E-state index contributed by atoms with van der Waals surface area (Å²) in [6.07, 6.45) is 0. The Morgan fingerprint density at radius 1 is 0.977 bits per heavy atom. The summed E-state index contributed by atoms with van der Waals surface area (Å²) < 4.78 is 53.1. The zero-order valence-electron chi connectivity index (χ0n) is 23.5. The lowest BCUT2D eigenvalue weighted by Crippen LogP contribution is -2.40. The molecule has 5 aromatic rings. The van der Waals surface area contributed by atoms with Crippen molar-refractivity contribution in [3.8, 4) is 17.1 Å². The summed E-state index contributed by atoms with van der Waals surface area (Å²) in [6.45, 7) is -0.546. The molecule has 0 saturated heterocycles. The topological polar surface area (TPSA) is 125 Å². The average Bonchev–Trinajstić information content (AvgIpc) is 3.37. The summed E-state index contributed by atoms with van der Waals surface area (Å²) in [4.78, 5) is 46.4. The van der Waals surface area contributed by atoms with Crippen molar-refractivity contribution in [1.29, 1.82) is 0 Å². The van der Waals surface area contributed by atoms with Crippen LogP contribution in [0.2, 0.25) is 0 Å². The molecule has 0 fully saturated rings. The number of ether oxygens (including phenoxy) is 1. The van der Waals surface area contributed by atoms with Crippen LogP contribution in [-0.4, -0.2) is 46.2 Å². The molecule has 0 saturated carbocycles. The number of fused-ring (bicyclic) bond motifs is 5. The third-order valence-corrected chi connectivity index (χ3v) is 7.29. The van der Waals surface area contributed by atoms with Crippen molar-refractivity contribution in [1.82, 2.24) is 24.4 Å². The van der Waals surface area contributed by atoms with Crippen molar-refractivity contribution in [2.75, 3.05) is 31.5 Å². The van der Waals surface area contributed by atoms with Gasteiger partial charge in [0.15, 0.2) is 17.2 Å². The van der Waals surface area contributed by atoms with Crippen LogP contribution in [0.5, 0.6) is 5.75 Å². The van der Waals surface area contributed by atoms with Gasteiger partial charge in [-0.25, -0.2) is 37.5 Å². The van der Waals surface area contributed by atoms with Crippen LogP contribution in [0.1, 0.15) is 11.3 Å². The number of aromatic nitrogens is 4. The fourth-order valence-corrected chi connectivity index (χ4v) is 5.27. The number of urea groups is 1. The summed E-state index contributed by atoms with van der Waals surface area (Å²) in [5.74, 6) is -3.02. The van der Waals surface area contributed by atoms with Crippen LogP contribution in [0.15, 0.2) is 64.2 Å². The van der Waals surface area contributed by atoms with E-state index in [1.807, 2.05) is 0 Å². The fourth-order valence-electron chi connectivity index (χ4n) is 5.27. The number of hydroxylamine groups is 1. The lowest BCUT2D eigenvalue weighted by atomic mass is 10.1. The van der Waals surface area contributed by atoms with Gasteiger partial charge in [0.05, 0.1) is 50.1 Å². The third kappa shape index (κ3) is 4.53. The summed E-state index contributed by atoms with van der Waals surface area (Å²) >= 11 is 0. The first-order chi connectivity index (χ1) is 21.1. The summed E-state index contributed by atoms with van der Waals surface area (Å²) in [5, 5.41) is 7.14. The van der Waals surface area contributed by atoms with E-state index in [4.69, 9.17) is 4.74 Å². The maximum absolute atomic E-state index is 15.5. The van der Waals surface area contributed by atoms with Gasteiger partial charge in [0.2, 0.25) is 0 Å². The molecule has 1 aliphatic heterocycles. The number of carbonyl (C=O) groups is 1. The van der Waals surface area contributed by atoms with E-state index in [0.29, 0.717) is 27.3 Å². The number of benzene rings is 3. The molecule has 3 heterocycles. The Morgan fingerprint density at radius 2 is 1.70 bits per heavy atom. The highest BCUT2D eigenvalue weighted by atomic mass is 19.1. The number of amides is 2. The van der Waals surface area contributed by atoms with Gasteiger partial charge in [-0.2, -0.15) is 0 Å². The molecule has 6 rings (SSSR count). The van der Waals surface area contributed by atoms with Crippen molar-refractivity contribution in [3.63, 3.8) is 0 Å². The Kier molecular flexibility index (Phi) is 7.09. The highest BCUT2D eigenvalue weighted by molar-refractivity contribution is 5.90.